The second-order valence-electron chi connectivity index (χ2n) is 7.24. The number of hydrogen-bond donors (Lipinski definition) is 2. The normalized spacial score (nSPS) is 18.1. The zero-order valence-electron chi connectivity index (χ0n) is 15.9. The van der Waals surface area contributed by atoms with E-state index < -0.39 is 0 Å². The van der Waals surface area contributed by atoms with E-state index in [0.29, 0.717) is 0 Å². The summed E-state index contributed by atoms with van der Waals surface area (Å²) in [6.07, 6.45) is 3.04. The number of hydrogen-bond acceptors (Lipinski definition) is 4. The summed E-state index contributed by atoms with van der Waals surface area (Å²) >= 11 is 0. The number of rotatable bonds is 5. The molecular formula is C20H26N6O. The third-order valence-electron chi connectivity index (χ3n) is 5.33. The van der Waals surface area contributed by atoms with Crippen LogP contribution in [0.2, 0.25) is 0 Å². The molecule has 7 nitrogen and oxygen atoms in total. The SMILES string of the molecule is CCc1nc(CN2CCC[C@@H](c3n[nH]c(=O)n3-c3ccccc3)C2)c(C)[nH]1. The predicted molar refractivity (Wildman–Crippen MR) is 104 cm³/mol. The molecule has 0 amide bonds. The van der Waals surface area contributed by atoms with Gasteiger partial charge in [-0.15, -0.1) is 0 Å². The van der Waals surface area contributed by atoms with Gasteiger partial charge in [0.05, 0.1) is 11.4 Å². The number of piperidine rings is 1. The first-order chi connectivity index (χ1) is 13.2. The summed E-state index contributed by atoms with van der Waals surface area (Å²) in [7, 11) is 0. The summed E-state index contributed by atoms with van der Waals surface area (Å²) in [6.45, 7) is 6.96. The monoisotopic (exact) mass is 366 g/mol. The Labute approximate surface area is 158 Å². The van der Waals surface area contributed by atoms with Crippen LogP contribution in [0, 0.1) is 6.92 Å². The Balaban J connectivity index is 1.56. The number of para-hydroxylation sites is 1. The Morgan fingerprint density at radius 1 is 1.26 bits per heavy atom. The number of benzene rings is 1. The Hall–Kier alpha value is -2.67. The molecule has 7 heteroatoms. The van der Waals surface area contributed by atoms with Gasteiger partial charge in [-0.25, -0.2) is 19.4 Å². The third-order valence-corrected chi connectivity index (χ3v) is 5.33. The molecule has 3 aromatic rings. The molecule has 1 aliphatic rings. The molecule has 1 saturated heterocycles. The van der Waals surface area contributed by atoms with E-state index in [4.69, 9.17) is 4.98 Å². The van der Waals surface area contributed by atoms with Crippen LogP contribution in [0.25, 0.3) is 5.69 Å². The zero-order valence-corrected chi connectivity index (χ0v) is 15.9. The average Bonchev–Trinajstić information content (AvgIpc) is 3.25. The molecule has 27 heavy (non-hydrogen) atoms. The van der Waals surface area contributed by atoms with Gasteiger partial charge in [-0.05, 0) is 38.4 Å². The topological polar surface area (TPSA) is 82.6 Å². The highest BCUT2D eigenvalue weighted by atomic mass is 16.1. The molecule has 1 atom stereocenters. The number of likely N-dealkylation sites (tertiary alicyclic amines) is 1. The number of H-pyrrole nitrogens is 2. The maximum atomic E-state index is 12.4. The molecule has 4 rings (SSSR count). The van der Waals surface area contributed by atoms with Crippen molar-refractivity contribution in [3.8, 4) is 5.69 Å². The molecule has 0 spiro atoms. The van der Waals surface area contributed by atoms with Crippen molar-refractivity contribution in [3.63, 3.8) is 0 Å². The fourth-order valence-electron chi connectivity index (χ4n) is 3.92. The molecule has 2 aromatic heterocycles. The highest BCUT2D eigenvalue weighted by Crippen LogP contribution is 2.27. The van der Waals surface area contributed by atoms with Crippen LogP contribution in [0.5, 0.6) is 0 Å². The molecule has 0 unspecified atom stereocenters. The van der Waals surface area contributed by atoms with Gasteiger partial charge in [-0.3, -0.25) is 4.90 Å². The molecule has 0 aliphatic carbocycles. The molecule has 1 aromatic carbocycles. The van der Waals surface area contributed by atoms with E-state index in [0.717, 1.165) is 67.6 Å². The smallest absolute Gasteiger partial charge is 0.346 e. The number of nitrogens with one attached hydrogen (secondary N) is 2. The molecule has 1 aliphatic heterocycles. The Kier molecular flexibility index (Phi) is 4.94. The van der Waals surface area contributed by atoms with Crippen LogP contribution in [-0.4, -0.2) is 42.7 Å². The van der Waals surface area contributed by atoms with Gasteiger partial charge in [0, 0.05) is 31.1 Å². The third kappa shape index (κ3) is 3.60. The van der Waals surface area contributed by atoms with Crippen LogP contribution < -0.4 is 5.69 Å². The van der Waals surface area contributed by atoms with E-state index in [9.17, 15) is 4.79 Å². The fraction of sp³-hybridized carbons (Fsp3) is 0.450. The largest absolute Gasteiger partial charge is 0.347 e. The highest BCUT2D eigenvalue weighted by Gasteiger charge is 2.27. The first-order valence-electron chi connectivity index (χ1n) is 9.65. The van der Waals surface area contributed by atoms with Gasteiger partial charge in [0.15, 0.2) is 0 Å². The lowest BCUT2D eigenvalue weighted by atomic mass is 9.96. The Bertz CT molecular complexity index is 955. The molecule has 0 radical (unpaired) electrons. The molecule has 3 heterocycles. The van der Waals surface area contributed by atoms with Gasteiger partial charge >= 0.3 is 5.69 Å². The number of aromatic amines is 2. The Morgan fingerprint density at radius 3 is 2.81 bits per heavy atom. The zero-order chi connectivity index (χ0) is 18.8. The van der Waals surface area contributed by atoms with E-state index >= 15 is 0 Å². The van der Waals surface area contributed by atoms with Crippen molar-refractivity contribution >= 4 is 0 Å². The van der Waals surface area contributed by atoms with Crippen molar-refractivity contribution in [1.29, 1.82) is 0 Å². The minimum Gasteiger partial charge on any atom is -0.346 e. The van der Waals surface area contributed by atoms with Gasteiger partial charge in [-0.1, -0.05) is 25.1 Å². The molecule has 2 N–H and O–H groups in total. The highest BCUT2D eigenvalue weighted by molar-refractivity contribution is 5.32. The lowest BCUT2D eigenvalue weighted by Crippen LogP contribution is -2.35. The number of nitrogens with zero attached hydrogens (tertiary/aromatic N) is 4. The molecule has 0 saturated carbocycles. The first kappa shape index (κ1) is 17.7. The van der Waals surface area contributed by atoms with Crippen LogP contribution in [-0.2, 0) is 13.0 Å². The Morgan fingerprint density at radius 2 is 2.07 bits per heavy atom. The predicted octanol–water partition coefficient (Wildman–Crippen LogP) is 2.53. The second kappa shape index (κ2) is 7.52. The maximum Gasteiger partial charge on any atom is 0.347 e. The van der Waals surface area contributed by atoms with Crippen molar-refractivity contribution in [3.05, 3.63) is 63.9 Å². The van der Waals surface area contributed by atoms with Crippen molar-refractivity contribution in [2.75, 3.05) is 13.1 Å². The van der Waals surface area contributed by atoms with E-state index in [1.807, 2.05) is 30.3 Å². The molecule has 1 fully saturated rings. The lowest BCUT2D eigenvalue weighted by molar-refractivity contribution is 0.193. The summed E-state index contributed by atoms with van der Waals surface area (Å²) in [5, 5.41) is 7.01. The van der Waals surface area contributed by atoms with Crippen molar-refractivity contribution < 1.29 is 0 Å². The quantitative estimate of drug-likeness (QED) is 0.727. The van der Waals surface area contributed by atoms with Crippen LogP contribution >= 0.6 is 0 Å². The molecular weight excluding hydrogens is 340 g/mol. The van der Waals surface area contributed by atoms with E-state index in [1.165, 1.54) is 0 Å². The number of aromatic nitrogens is 5. The van der Waals surface area contributed by atoms with Crippen molar-refractivity contribution in [2.24, 2.45) is 0 Å². The minimum atomic E-state index is -0.177. The van der Waals surface area contributed by atoms with E-state index in [1.54, 1.807) is 4.57 Å². The standard InChI is InChI=1S/C20H26N6O/c1-3-18-21-14(2)17(22-18)13-25-11-7-8-15(12-25)19-23-24-20(27)26(19)16-9-5-4-6-10-16/h4-6,9-10,15H,3,7-8,11-13H2,1-2H3,(H,21,22)(H,24,27)/t15-/m1/s1. The van der Waals surface area contributed by atoms with Crippen LogP contribution in [0.15, 0.2) is 35.1 Å². The van der Waals surface area contributed by atoms with Gasteiger partial charge in [0.25, 0.3) is 0 Å². The van der Waals surface area contributed by atoms with Crippen LogP contribution in [0.4, 0.5) is 0 Å². The summed E-state index contributed by atoms with van der Waals surface area (Å²) < 4.78 is 1.71. The van der Waals surface area contributed by atoms with Gasteiger partial charge < -0.3 is 4.98 Å². The average molecular weight is 366 g/mol. The van der Waals surface area contributed by atoms with Crippen molar-refractivity contribution in [1.82, 2.24) is 29.6 Å². The lowest BCUT2D eigenvalue weighted by Gasteiger charge is -2.31. The van der Waals surface area contributed by atoms with Crippen LogP contribution in [0.3, 0.4) is 0 Å². The molecule has 0 bridgehead atoms. The summed E-state index contributed by atoms with van der Waals surface area (Å²) in [6, 6.07) is 9.73. The summed E-state index contributed by atoms with van der Waals surface area (Å²) in [5.41, 5.74) is 2.95. The minimum absolute atomic E-state index is 0.177. The van der Waals surface area contributed by atoms with E-state index in [2.05, 4.69) is 33.9 Å². The van der Waals surface area contributed by atoms with Crippen LogP contribution in [0.1, 0.15) is 48.7 Å². The summed E-state index contributed by atoms with van der Waals surface area (Å²) in [4.78, 5) is 22.9. The second-order valence-corrected chi connectivity index (χ2v) is 7.24. The molecule has 142 valence electrons. The van der Waals surface area contributed by atoms with E-state index in [-0.39, 0.29) is 11.6 Å². The number of imidazole rings is 1. The fourth-order valence-corrected chi connectivity index (χ4v) is 3.92. The first-order valence-corrected chi connectivity index (χ1v) is 9.65. The van der Waals surface area contributed by atoms with Gasteiger partial charge in [-0.2, -0.15) is 5.10 Å². The van der Waals surface area contributed by atoms with Crippen molar-refractivity contribution in [2.45, 2.75) is 45.6 Å². The summed E-state index contributed by atoms with van der Waals surface area (Å²) in [5.74, 6) is 2.09. The number of aryl methyl sites for hydroxylation is 2. The van der Waals surface area contributed by atoms with Gasteiger partial charge in [0.2, 0.25) is 0 Å². The van der Waals surface area contributed by atoms with Gasteiger partial charge in [0.1, 0.15) is 11.6 Å². The maximum absolute atomic E-state index is 12.4.